The lowest BCUT2D eigenvalue weighted by molar-refractivity contribution is -0.137. The highest BCUT2D eigenvalue weighted by Gasteiger charge is 2.32. The number of nitrogens with one attached hydrogen (secondary N) is 1. The van der Waals surface area contributed by atoms with Gasteiger partial charge in [-0.25, -0.2) is 4.98 Å². The molecule has 0 saturated heterocycles. The zero-order valence-corrected chi connectivity index (χ0v) is 16.2. The molecule has 0 bridgehead atoms. The molecule has 0 saturated carbocycles. The lowest BCUT2D eigenvalue weighted by Gasteiger charge is -2.13. The number of carbonyl (C=O) groups is 1. The molecule has 0 aliphatic rings. The third-order valence-corrected chi connectivity index (χ3v) is 4.83. The molecule has 3 aromatic rings. The predicted molar refractivity (Wildman–Crippen MR) is 101 cm³/mol. The summed E-state index contributed by atoms with van der Waals surface area (Å²) in [5.41, 5.74) is -0.298. The molecule has 0 aliphatic heterocycles. The number of alkyl halides is 3. The summed E-state index contributed by atoms with van der Waals surface area (Å²) < 4.78 is 39.7. The number of amides is 1. The van der Waals surface area contributed by atoms with E-state index < -0.39 is 17.6 Å². The second-order valence-electron chi connectivity index (χ2n) is 5.67. The van der Waals surface area contributed by atoms with Crippen molar-refractivity contribution < 1.29 is 18.0 Å². The number of halogens is 6. The minimum Gasteiger partial charge on any atom is -0.347 e. The molecule has 28 heavy (non-hydrogen) atoms. The fraction of sp³-hybridized carbons (Fsp3) is 0.111. The smallest absolute Gasteiger partial charge is 0.347 e. The van der Waals surface area contributed by atoms with E-state index in [1.807, 2.05) is 0 Å². The summed E-state index contributed by atoms with van der Waals surface area (Å²) in [5, 5.41) is 3.22. The Labute approximate surface area is 172 Å². The second-order valence-corrected chi connectivity index (χ2v) is 6.90. The van der Waals surface area contributed by atoms with Gasteiger partial charge in [0.25, 0.3) is 5.91 Å². The number of rotatable bonds is 4. The minimum atomic E-state index is -4.57. The molecule has 3 rings (SSSR count). The maximum atomic E-state index is 12.8. The van der Waals surface area contributed by atoms with Crippen molar-refractivity contribution in [3.05, 3.63) is 80.7 Å². The van der Waals surface area contributed by atoms with Crippen molar-refractivity contribution in [2.45, 2.75) is 12.7 Å². The van der Waals surface area contributed by atoms with E-state index >= 15 is 0 Å². The average molecular weight is 449 g/mol. The van der Waals surface area contributed by atoms with Crippen LogP contribution >= 0.6 is 34.8 Å². The molecule has 1 N–H and O–H groups in total. The highest BCUT2D eigenvalue weighted by Crippen LogP contribution is 2.32. The van der Waals surface area contributed by atoms with Crippen molar-refractivity contribution >= 4 is 40.7 Å². The summed E-state index contributed by atoms with van der Waals surface area (Å²) in [6.07, 6.45) is -2.44. The fourth-order valence-corrected chi connectivity index (χ4v) is 3.26. The largest absolute Gasteiger partial charge is 0.417 e. The van der Waals surface area contributed by atoms with Crippen LogP contribution in [0.3, 0.4) is 0 Å². The van der Waals surface area contributed by atoms with Crippen LogP contribution in [0.4, 0.5) is 13.2 Å². The Morgan fingerprint density at radius 2 is 1.75 bits per heavy atom. The summed E-state index contributed by atoms with van der Waals surface area (Å²) in [6, 6.07) is 8.76. The van der Waals surface area contributed by atoms with Crippen LogP contribution in [0.15, 0.2) is 48.8 Å². The highest BCUT2D eigenvalue weighted by atomic mass is 35.5. The molecule has 0 atom stereocenters. The summed E-state index contributed by atoms with van der Waals surface area (Å²) in [7, 11) is 0. The highest BCUT2D eigenvalue weighted by molar-refractivity contribution is 6.36. The summed E-state index contributed by atoms with van der Waals surface area (Å²) in [6.45, 7) is 0.0662. The molecule has 1 aromatic carbocycles. The first-order chi connectivity index (χ1) is 13.2. The van der Waals surface area contributed by atoms with Crippen molar-refractivity contribution in [2.75, 3.05) is 0 Å². The van der Waals surface area contributed by atoms with E-state index in [2.05, 4.69) is 10.3 Å². The maximum Gasteiger partial charge on any atom is 0.417 e. The number of nitrogens with zero attached hydrogens (tertiary/aromatic N) is 2. The van der Waals surface area contributed by atoms with Crippen LogP contribution in [0, 0.1) is 0 Å². The quantitative estimate of drug-likeness (QED) is 0.550. The predicted octanol–water partition coefficient (Wildman–Crippen LogP) is 5.78. The van der Waals surface area contributed by atoms with E-state index in [0.717, 1.165) is 6.07 Å². The Morgan fingerprint density at radius 1 is 1.07 bits per heavy atom. The number of aromatic nitrogens is 2. The molecule has 0 fully saturated rings. The fourth-order valence-electron chi connectivity index (χ4n) is 2.47. The van der Waals surface area contributed by atoms with Gasteiger partial charge >= 0.3 is 6.18 Å². The van der Waals surface area contributed by atoms with E-state index in [-0.39, 0.29) is 23.1 Å². The van der Waals surface area contributed by atoms with Gasteiger partial charge in [-0.3, -0.25) is 9.36 Å². The van der Waals surface area contributed by atoms with Crippen molar-refractivity contribution in [3.63, 3.8) is 0 Å². The van der Waals surface area contributed by atoms with Gasteiger partial charge in [0.1, 0.15) is 5.69 Å². The molecular weight excluding hydrogens is 438 g/mol. The zero-order chi connectivity index (χ0) is 20.5. The van der Waals surface area contributed by atoms with Gasteiger partial charge in [0.2, 0.25) is 0 Å². The van der Waals surface area contributed by atoms with Crippen molar-refractivity contribution in [1.82, 2.24) is 14.9 Å². The summed E-state index contributed by atoms with van der Waals surface area (Å²) in [4.78, 5) is 16.3. The van der Waals surface area contributed by atoms with Crippen LogP contribution in [0.2, 0.25) is 15.1 Å². The molecule has 0 aliphatic carbocycles. The Balaban J connectivity index is 1.85. The van der Waals surface area contributed by atoms with Gasteiger partial charge in [-0.1, -0.05) is 40.9 Å². The normalized spacial score (nSPS) is 11.5. The van der Waals surface area contributed by atoms with Gasteiger partial charge in [0.05, 0.1) is 10.6 Å². The lowest BCUT2D eigenvalue weighted by Crippen LogP contribution is -2.25. The van der Waals surface area contributed by atoms with E-state index in [1.54, 1.807) is 24.3 Å². The molecule has 2 heterocycles. The molecular formula is C18H11Cl3F3N3O. The average Bonchev–Trinajstić information content (AvgIpc) is 3.09. The Morgan fingerprint density at radius 3 is 2.36 bits per heavy atom. The van der Waals surface area contributed by atoms with E-state index in [1.165, 1.54) is 16.8 Å². The van der Waals surface area contributed by atoms with Crippen molar-refractivity contribution in [3.8, 4) is 5.82 Å². The van der Waals surface area contributed by atoms with E-state index in [4.69, 9.17) is 34.8 Å². The summed E-state index contributed by atoms with van der Waals surface area (Å²) in [5.74, 6) is -0.501. The molecule has 146 valence electrons. The summed E-state index contributed by atoms with van der Waals surface area (Å²) >= 11 is 18.1. The van der Waals surface area contributed by atoms with Gasteiger partial charge in [0, 0.05) is 34.5 Å². The standard InChI is InChI=1S/C18H11Cl3F3N3O/c19-12-3-1-4-13(20)11(12)9-26-17(28)15-5-2-6-27(15)16-14(21)7-10(8-25-16)18(22,23)24/h1-8H,9H2,(H,26,28). The minimum absolute atomic E-state index is 0.000549. The molecule has 10 heteroatoms. The van der Waals surface area contributed by atoms with Gasteiger partial charge in [-0.15, -0.1) is 0 Å². The molecule has 4 nitrogen and oxygen atoms in total. The van der Waals surface area contributed by atoms with Crippen LogP contribution in [0.5, 0.6) is 0 Å². The van der Waals surface area contributed by atoms with E-state index in [9.17, 15) is 18.0 Å². The monoisotopic (exact) mass is 447 g/mol. The van der Waals surface area contributed by atoms with Gasteiger partial charge in [0.15, 0.2) is 5.82 Å². The Kier molecular flexibility index (Phi) is 5.88. The number of carbonyl (C=O) groups excluding carboxylic acids is 1. The van der Waals surface area contributed by atoms with Crippen LogP contribution in [-0.2, 0) is 12.7 Å². The number of hydrogen-bond donors (Lipinski definition) is 1. The number of benzene rings is 1. The maximum absolute atomic E-state index is 12.8. The molecule has 0 unspecified atom stereocenters. The first-order valence-corrected chi connectivity index (χ1v) is 8.93. The first kappa shape index (κ1) is 20.5. The van der Waals surface area contributed by atoms with Gasteiger partial charge in [-0.05, 0) is 30.3 Å². The third-order valence-electron chi connectivity index (χ3n) is 3.85. The van der Waals surface area contributed by atoms with Crippen LogP contribution in [-0.4, -0.2) is 15.5 Å². The van der Waals surface area contributed by atoms with Crippen molar-refractivity contribution in [2.24, 2.45) is 0 Å². The Hall–Kier alpha value is -2.22. The molecule has 0 radical (unpaired) electrons. The SMILES string of the molecule is O=C(NCc1c(Cl)cccc1Cl)c1cccn1-c1ncc(C(F)(F)F)cc1Cl. The lowest BCUT2D eigenvalue weighted by atomic mass is 10.2. The molecule has 0 spiro atoms. The molecule has 1 amide bonds. The topological polar surface area (TPSA) is 46.9 Å². The second kappa shape index (κ2) is 8.03. The Bertz CT molecular complexity index is 1010. The number of pyridine rings is 1. The van der Waals surface area contributed by atoms with Crippen LogP contribution in [0.25, 0.3) is 5.82 Å². The van der Waals surface area contributed by atoms with Gasteiger partial charge < -0.3 is 5.32 Å². The van der Waals surface area contributed by atoms with Crippen LogP contribution < -0.4 is 5.32 Å². The first-order valence-electron chi connectivity index (χ1n) is 7.80. The zero-order valence-electron chi connectivity index (χ0n) is 13.9. The molecule has 2 aromatic heterocycles. The third kappa shape index (κ3) is 4.27. The number of hydrogen-bond acceptors (Lipinski definition) is 2. The van der Waals surface area contributed by atoms with Crippen LogP contribution in [0.1, 0.15) is 21.6 Å². The van der Waals surface area contributed by atoms with E-state index in [0.29, 0.717) is 21.8 Å². The van der Waals surface area contributed by atoms with Gasteiger partial charge in [-0.2, -0.15) is 13.2 Å². The van der Waals surface area contributed by atoms with Crippen molar-refractivity contribution in [1.29, 1.82) is 0 Å².